The molecule has 2 heterocycles. The van der Waals surface area contributed by atoms with Crippen LogP contribution in [0.25, 0.3) is 0 Å². The summed E-state index contributed by atoms with van der Waals surface area (Å²) < 4.78 is 18.7. The van der Waals surface area contributed by atoms with Gasteiger partial charge in [0.2, 0.25) is 11.8 Å². The average Bonchev–Trinajstić information content (AvgIpc) is 3.13. The standard InChI is InChI=1S/C24H34N4O5/c1-17(2)27-14-22(33-16-19-10-20(31-4)12-21(11-19)32-5)13-26(15-24(27)30)23(29)7-9-28-18(3)6-8-25-28/h6,8,10-12,17,22H,7,9,13-16H2,1-5H3/t22-/m1/s1. The minimum atomic E-state index is -0.313. The van der Waals surface area contributed by atoms with Crippen molar-refractivity contribution in [3.63, 3.8) is 0 Å². The maximum absolute atomic E-state index is 13.0. The summed E-state index contributed by atoms with van der Waals surface area (Å²) in [6.45, 7) is 7.53. The zero-order chi connectivity index (χ0) is 24.0. The molecule has 33 heavy (non-hydrogen) atoms. The lowest BCUT2D eigenvalue weighted by atomic mass is 10.2. The number of rotatable bonds is 9. The lowest BCUT2D eigenvalue weighted by Gasteiger charge is -2.27. The molecule has 2 aromatic rings. The maximum atomic E-state index is 13.0. The molecule has 0 unspecified atom stereocenters. The van der Waals surface area contributed by atoms with Crippen LogP contribution in [-0.2, 0) is 27.5 Å². The fourth-order valence-corrected chi connectivity index (χ4v) is 3.89. The van der Waals surface area contributed by atoms with Crippen LogP contribution in [0, 0.1) is 6.92 Å². The highest BCUT2D eigenvalue weighted by Crippen LogP contribution is 2.24. The van der Waals surface area contributed by atoms with Gasteiger partial charge in [0.15, 0.2) is 0 Å². The molecule has 9 heteroatoms. The van der Waals surface area contributed by atoms with Gasteiger partial charge in [-0.3, -0.25) is 14.3 Å². The quantitative estimate of drug-likeness (QED) is 0.573. The summed E-state index contributed by atoms with van der Waals surface area (Å²) in [5.74, 6) is 1.21. The van der Waals surface area contributed by atoms with Crippen LogP contribution in [0.15, 0.2) is 30.5 Å². The van der Waals surface area contributed by atoms with Crippen LogP contribution >= 0.6 is 0 Å². The molecule has 0 spiro atoms. The third-order valence-electron chi connectivity index (χ3n) is 5.81. The van der Waals surface area contributed by atoms with Crippen molar-refractivity contribution >= 4 is 11.8 Å². The van der Waals surface area contributed by atoms with Gasteiger partial charge in [-0.05, 0) is 44.5 Å². The number of benzene rings is 1. The Hall–Kier alpha value is -3.07. The highest BCUT2D eigenvalue weighted by atomic mass is 16.5. The molecular formula is C24H34N4O5. The van der Waals surface area contributed by atoms with Gasteiger partial charge in [-0.2, -0.15) is 5.10 Å². The minimum Gasteiger partial charge on any atom is -0.497 e. The summed E-state index contributed by atoms with van der Waals surface area (Å²) in [4.78, 5) is 29.3. The van der Waals surface area contributed by atoms with Crippen LogP contribution in [0.2, 0.25) is 0 Å². The Morgan fingerprint density at radius 2 is 1.85 bits per heavy atom. The van der Waals surface area contributed by atoms with Gasteiger partial charge in [0.1, 0.15) is 11.5 Å². The van der Waals surface area contributed by atoms with E-state index in [-0.39, 0.29) is 36.9 Å². The highest BCUT2D eigenvalue weighted by molar-refractivity contribution is 5.85. The topological polar surface area (TPSA) is 86.1 Å². The van der Waals surface area contributed by atoms with Crippen molar-refractivity contribution in [1.29, 1.82) is 0 Å². The summed E-state index contributed by atoms with van der Waals surface area (Å²) in [6, 6.07) is 7.50. The fourth-order valence-electron chi connectivity index (χ4n) is 3.89. The highest BCUT2D eigenvalue weighted by Gasteiger charge is 2.32. The van der Waals surface area contributed by atoms with E-state index in [0.717, 1.165) is 11.3 Å². The number of aryl methyl sites for hydroxylation is 2. The van der Waals surface area contributed by atoms with Gasteiger partial charge in [0, 0.05) is 50.1 Å². The third-order valence-corrected chi connectivity index (χ3v) is 5.81. The Bertz CT molecular complexity index is 936. The zero-order valence-electron chi connectivity index (χ0n) is 20.1. The van der Waals surface area contributed by atoms with E-state index in [1.165, 1.54) is 0 Å². The predicted octanol–water partition coefficient (Wildman–Crippen LogP) is 2.26. The molecule has 1 aromatic carbocycles. The Kier molecular flexibility index (Phi) is 8.32. The molecule has 1 aromatic heterocycles. The third kappa shape index (κ3) is 6.47. The molecule has 1 atom stereocenters. The molecule has 1 aliphatic heterocycles. The number of methoxy groups -OCH3 is 2. The number of hydrogen-bond donors (Lipinski definition) is 0. The fraction of sp³-hybridized carbons (Fsp3) is 0.542. The second kappa shape index (κ2) is 11.2. The van der Waals surface area contributed by atoms with Crippen LogP contribution in [0.4, 0.5) is 0 Å². The molecule has 1 saturated heterocycles. The minimum absolute atomic E-state index is 0.0160. The number of aromatic nitrogens is 2. The summed E-state index contributed by atoms with van der Waals surface area (Å²) in [7, 11) is 3.20. The van der Waals surface area contributed by atoms with Crippen molar-refractivity contribution in [1.82, 2.24) is 19.6 Å². The smallest absolute Gasteiger partial charge is 0.242 e. The van der Waals surface area contributed by atoms with E-state index < -0.39 is 0 Å². The molecule has 0 radical (unpaired) electrons. The molecule has 3 rings (SSSR count). The van der Waals surface area contributed by atoms with Crippen molar-refractivity contribution in [3.05, 3.63) is 41.7 Å². The van der Waals surface area contributed by atoms with Gasteiger partial charge in [-0.15, -0.1) is 0 Å². The van der Waals surface area contributed by atoms with E-state index >= 15 is 0 Å². The monoisotopic (exact) mass is 458 g/mol. The summed E-state index contributed by atoms with van der Waals surface area (Å²) >= 11 is 0. The first kappa shape index (κ1) is 24.6. The first-order valence-corrected chi connectivity index (χ1v) is 11.2. The van der Waals surface area contributed by atoms with E-state index in [1.807, 2.05) is 39.0 Å². The van der Waals surface area contributed by atoms with Gasteiger partial charge < -0.3 is 24.0 Å². The molecule has 180 valence electrons. The van der Waals surface area contributed by atoms with Gasteiger partial charge >= 0.3 is 0 Å². The number of ether oxygens (including phenoxy) is 3. The van der Waals surface area contributed by atoms with Crippen LogP contribution in [0.1, 0.15) is 31.5 Å². The lowest BCUT2D eigenvalue weighted by Crippen LogP contribution is -2.42. The second-order valence-corrected chi connectivity index (χ2v) is 8.51. The molecule has 0 saturated carbocycles. The Labute approximate surface area is 195 Å². The van der Waals surface area contributed by atoms with E-state index in [2.05, 4.69) is 5.10 Å². The van der Waals surface area contributed by atoms with Crippen LogP contribution < -0.4 is 9.47 Å². The van der Waals surface area contributed by atoms with Crippen LogP contribution in [0.3, 0.4) is 0 Å². The first-order chi connectivity index (χ1) is 15.8. The summed E-state index contributed by atoms with van der Waals surface area (Å²) in [6.07, 6.45) is 1.68. The number of hydrogen-bond acceptors (Lipinski definition) is 6. The molecule has 2 amide bonds. The van der Waals surface area contributed by atoms with E-state index in [4.69, 9.17) is 14.2 Å². The van der Waals surface area contributed by atoms with Crippen LogP contribution in [0.5, 0.6) is 11.5 Å². The largest absolute Gasteiger partial charge is 0.497 e. The van der Waals surface area contributed by atoms with Crippen molar-refractivity contribution in [2.24, 2.45) is 0 Å². The Morgan fingerprint density at radius 3 is 2.42 bits per heavy atom. The van der Waals surface area contributed by atoms with Gasteiger partial charge in [-0.1, -0.05) is 0 Å². The Morgan fingerprint density at radius 1 is 1.15 bits per heavy atom. The molecule has 9 nitrogen and oxygen atoms in total. The van der Waals surface area contributed by atoms with Gasteiger partial charge in [0.05, 0.1) is 33.5 Å². The van der Waals surface area contributed by atoms with Crippen molar-refractivity contribution in [2.45, 2.75) is 52.5 Å². The molecule has 1 aliphatic rings. The number of carbonyl (C=O) groups excluding carboxylic acids is 2. The Balaban J connectivity index is 1.70. The van der Waals surface area contributed by atoms with Crippen molar-refractivity contribution in [3.8, 4) is 11.5 Å². The van der Waals surface area contributed by atoms with E-state index in [1.54, 1.807) is 41.0 Å². The normalized spacial score (nSPS) is 16.8. The number of nitrogens with zero attached hydrogens (tertiary/aromatic N) is 4. The summed E-state index contributed by atoms with van der Waals surface area (Å²) in [5.41, 5.74) is 1.89. The summed E-state index contributed by atoms with van der Waals surface area (Å²) in [5, 5.41) is 4.23. The first-order valence-electron chi connectivity index (χ1n) is 11.2. The lowest BCUT2D eigenvalue weighted by molar-refractivity contribution is -0.139. The van der Waals surface area contributed by atoms with Gasteiger partial charge in [0.25, 0.3) is 0 Å². The second-order valence-electron chi connectivity index (χ2n) is 8.51. The van der Waals surface area contributed by atoms with Crippen LogP contribution in [-0.4, -0.2) is 77.4 Å². The molecule has 1 fully saturated rings. The molecule has 0 bridgehead atoms. The predicted molar refractivity (Wildman–Crippen MR) is 123 cm³/mol. The molecular weight excluding hydrogens is 424 g/mol. The van der Waals surface area contributed by atoms with Gasteiger partial charge in [-0.25, -0.2) is 0 Å². The molecule has 0 aliphatic carbocycles. The average molecular weight is 459 g/mol. The zero-order valence-corrected chi connectivity index (χ0v) is 20.1. The number of amides is 2. The van der Waals surface area contributed by atoms with E-state index in [0.29, 0.717) is 37.7 Å². The van der Waals surface area contributed by atoms with E-state index in [9.17, 15) is 9.59 Å². The van der Waals surface area contributed by atoms with Crippen molar-refractivity contribution < 1.29 is 23.8 Å². The molecule has 0 N–H and O–H groups in total. The SMILES string of the molecule is COc1cc(CO[C@@H]2CN(C(=O)CCn3nccc3C)CC(=O)N(C(C)C)C2)cc(OC)c1. The maximum Gasteiger partial charge on any atom is 0.242 e. The van der Waals surface area contributed by atoms with Crippen molar-refractivity contribution in [2.75, 3.05) is 33.9 Å². The number of carbonyl (C=O) groups is 2.